The molecule has 17 heavy (non-hydrogen) atoms. The summed E-state index contributed by atoms with van der Waals surface area (Å²) in [7, 11) is 0. The van der Waals surface area contributed by atoms with Crippen molar-refractivity contribution in [2.45, 2.75) is 13.0 Å². The van der Waals surface area contributed by atoms with Crippen molar-refractivity contribution >= 4 is 17.1 Å². The number of aromatic hydroxyl groups is 1. The van der Waals surface area contributed by atoms with E-state index >= 15 is 0 Å². The number of hydrogen-bond donors (Lipinski definition) is 1. The molecule has 0 atom stereocenters. The molecule has 1 aromatic heterocycles. The van der Waals surface area contributed by atoms with Crippen LogP contribution in [-0.2, 0) is 6.54 Å². The van der Waals surface area contributed by atoms with Gasteiger partial charge in [-0.3, -0.25) is 4.99 Å². The molecule has 0 saturated heterocycles. The predicted octanol–water partition coefficient (Wildman–Crippen LogP) is 2.04. The number of nitriles is 1. The summed E-state index contributed by atoms with van der Waals surface area (Å²) in [5, 5.41) is 19.8. The summed E-state index contributed by atoms with van der Waals surface area (Å²) in [6, 6.07) is 7.47. The maximum Gasteiger partial charge on any atom is 0.150 e. The van der Waals surface area contributed by atoms with E-state index in [-0.39, 0.29) is 5.75 Å². The summed E-state index contributed by atoms with van der Waals surface area (Å²) in [4.78, 5) is 4.24. The first-order valence-corrected chi connectivity index (χ1v) is 5.56. The summed E-state index contributed by atoms with van der Waals surface area (Å²) < 4.78 is 2.06. The molecule has 4 heteroatoms. The molecule has 2 aromatic rings. The zero-order valence-electron chi connectivity index (χ0n) is 9.22. The van der Waals surface area contributed by atoms with Gasteiger partial charge in [0.1, 0.15) is 11.4 Å². The fourth-order valence-electron chi connectivity index (χ4n) is 2.27. The molecule has 3 rings (SSSR count). The van der Waals surface area contributed by atoms with E-state index in [2.05, 4.69) is 15.6 Å². The van der Waals surface area contributed by atoms with Crippen LogP contribution >= 0.6 is 0 Å². The lowest BCUT2D eigenvalue weighted by molar-refractivity contribution is 0.477. The molecule has 4 nitrogen and oxygen atoms in total. The SMILES string of the molecule is N#Cc1ccc2c(c1)c(O)c1n2CCCN=C1. The highest BCUT2D eigenvalue weighted by molar-refractivity contribution is 5.98. The number of rotatable bonds is 0. The van der Waals surface area contributed by atoms with E-state index in [1.807, 2.05) is 6.07 Å². The Kier molecular flexibility index (Phi) is 2.12. The van der Waals surface area contributed by atoms with Crippen molar-refractivity contribution < 1.29 is 5.11 Å². The second-order valence-corrected chi connectivity index (χ2v) is 4.12. The van der Waals surface area contributed by atoms with Gasteiger partial charge in [-0.15, -0.1) is 0 Å². The Morgan fingerprint density at radius 1 is 1.41 bits per heavy atom. The molecule has 0 spiro atoms. The van der Waals surface area contributed by atoms with Crippen molar-refractivity contribution in [1.82, 2.24) is 4.57 Å². The molecule has 2 heterocycles. The van der Waals surface area contributed by atoms with Crippen LogP contribution in [0.1, 0.15) is 17.7 Å². The molecule has 0 saturated carbocycles. The van der Waals surface area contributed by atoms with Gasteiger partial charge in [-0.2, -0.15) is 5.26 Å². The number of hydrogen-bond acceptors (Lipinski definition) is 3. The molecule has 0 unspecified atom stereocenters. The van der Waals surface area contributed by atoms with Crippen LogP contribution in [0.4, 0.5) is 0 Å². The molecule has 84 valence electrons. The summed E-state index contributed by atoms with van der Waals surface area (Å²) in [6.07, 6.45) is 2.68. The van der Waals surface area contributed by atoms with E-state index in [1.165, 1.54) is 0 Å². The molecule has 0 amide bonds. The van der Waals surface area contributed by atoms with Crippen molar-refractivity contribution in [3.8, 4) is 11.8 Å². The van der Waals surface area contributed by atoms with Crippen LogP contribution < -0.4 is 0 Å². The van der Waals surface area contributed by atoms with E-state index in [0.717, 1.165) is 36.1 Å². The number of fused-ring (bicyclic) bond motifs is 3. The van der Waals surface area contributed by atoms with Gasteiger partial charge in [0.15, 0.2) is 0 Å². The first kappa shape index (κ1) is 9.91. The fraction of sp³-hybridized carbons (Fsp3) is 0.231. The number of benzene rings is 1. The number of aromatic nitrogens is 1. The number of aryl methyl sites for hydroxylation is 1. The smallest absolute Gasteiger partial charge is 0.150 e. The van der Waals surface area contributed by atoms with Crippen molar-refractivity contribution in [2.75, 3.05) is 6.54 Å². The molecule has 1 aromatic carbocycles. The Balaban J connectivity index is 2.36. The molecular formula is C13H11N3O. The van der Waals surface area contributed by atoms with E-state index in [9.17, 15) is 5.11 Å². The van der Waals surface area contributed by atoms with Gasteiger partial charge in [-0.05, 0) is 24.6 Å². The Morgan fingerprint density at radius 2 is 2.29 bits per heavy atom. The first-order valence-electron chi connectivity index (χ1n) is 5.56. The maximum absolute atomic E-state index is 10.2. The molecule has 0 aliphatic carbocycles. The average Bonchev–Trinajstić information content (AvgIpc) is 2.57. The van der Waals surface area contributed by atoms with Gasteiger partial charge in [-0.25, -0.2) is 0 Å². The van der Waals surface area contributed by atoms with Crippen LogP contribution in [0.25, 0.3) is 10.9 Å². The third-order valence-corrected chi connectivity index (χ3v) is 3.09. The van der Waals surface area contributed by atoms with E-state index in [4.69, 9.17) is 5.26 Å². The lowest BCUT2D eigenvalue weighted by Gasteiger charge is -2.03. The maximum atomic E-state index is 10.2. The summed E-state index contributed by atoms with van der Waals surface area (Å²) >= 11 is 0. The molecule has 1 aliphatic rings. The third kappa shape index (κ3) is 1.40. The molecule has 0 bridgehead atoms. The summed E-state index contributed by atoms with van der Waals surface area (Å²) in [5.41, 5.74) is 2.27. The van der Waals surface area contributed by atoms with Crippen LogP contribution in [0.15, 0.2) is 23.2 Å². The molecule has 0 fully saturated rings. The minimum absolute atomic E-state index is 0.225. The second kappa shape index (κ2) is 3.63. The lowest BCUT2D eigenvalue weighted by Crippen LogP contribution is -2.00. The summed E-state index contributed by atoms with van der Waals surface area (Å²) in [6.45, 7) is 1.64. The van der Waals surface area contributed by atoms with Gasteiger partial charge < -0.3 is 9.67 Å². The Hall–Kier alpha value is -2.28. The molecule has 1 N–H and O–H groups in total. The van der Waals surface area contributed by atoms with Gasteiger partial charge >= 0.3 is 0 Å². The molecule has 1 aliphatic heterocycles. The number of nitrogens with zero attached hydrogens (tertiary/aromatic N) is 3. The van der Waals surface area contributed by atoms with Crippen molar-refractivity contribution in [1.29, 1.82) is 5.26 Å². The van der Waals surface area contributed by atoms with E-state index < -0.39 is 0 Å². The van der Waals surface area contributed by atoms with Gasteiger partial charge in [0.25, 0.3) is 0 Å². The molecule has 0 radical (unpaired) electrons. The second-order valence-electron chi connectivity index (χ2n) is 4.12. The largest absolute Gasteiger partial charge is 0.505 e. The average molecular weight is 225 g/mol. The van der Waals surface area contributed by atoms with Gasteiger partial charge in [0.05, 0.1) is 17.1 Å². The highest BCUT2D eigenvalue weighted by atomic mass is 16.3. The topological polar surface area (TPSA) is 61.3 Å². The van der Waals surface area contributed by atoms with Crippen molar-refractivity contribution in [3.63, 3.8) is 0 Å². The number of aliphatic imine (C=N–C) groups is 1. The van der Waals surface area contributed by atoms with Crippen LogP contribution in [0.3, 0.4) is 0 Å². The lowest BCUT2D eigenvalue weighted by atomic mass is 10.1. The van der Waals surface area contributed by atoms with Crippen LogP contribution in [0.5, 0.6) is 5.75 Å². The Bertz CT molecular complexity index is 661. The van der Waals surface area contributed by atoms with Crippen LogP contribution in [-0.4, -0.2) is 22.4 Å². The monoisotopic (exact) mass is 225 g/mol. The van der Waals surface area contributed by atoms with E-state index in [0.29, 0.717) is 5.56 Å². The van der Waals surface area contributed by atoms with Crippen molar-refractivity contribution in [2.24, 2.45) is 4.99 Å². The normalized spacial score (nSPS) is 14.3. The predicted molar refractivity (Wildman–Crippen MR) is 65.4 cm³/mol. The first-order chi connectivity index (χ1) is 8.31. The molecular weight excluding hydrogens is 214 g/mol. The van der Waals surface area contributed by atoms with Crippen molar-refractivity contribution in [3.05, 3.63) is 29.5 Å². The van der Waals surface area contributed by atoms with Crippen LogP contribution in [0, 0.1) is 11.3 Å². The van der Waals surface area contributed by atoms with Gasteiger partial charge in [-0.1, -0.05) is 0 Å². The highest BCUT2D eigenvalue weighted by Gasteiger charge is 2.16. The Morgan fingerprint density at radius 3 is 3.12 bits per heavy atom. The van der Waals surface area contributed by atoms with E-state index in [1.54, 1.807) is 18.3 Å². The minimum atomic E-state index is 0.225. The Labute approximate surface area is 98.4 Å². The van der Waals surface area contributed by atoms with Gasteiger partial charge in [0, 0.05) is 24.7 Å². The highest BCUT2D eigenvalue weighted by Crippen LogP contribution is 2.32. The standard InChI is InChI=1S/C13H11N3O/c14-7-9-2-3-11-10(6-9)13(17)12-8-15-4-1-5-16(11)12/h2-3,6,8,17H,1,4-5H2. The minimum Gasteiger partial charge on any atom is -0.505 e. The quantitative estimate of drug-likeness (QED) is 0.745. The van der Waals surface area contributed by atoms with Gasteiger partial charge in [0.2, 0.25) is 0 Å². The zero-order chi connectivity index (χ0) is 11.8. The third-order valence-electron chi connectivity index (χ3n) is 3.09. The van der Waals surface area contributed by atoms with Crippen LogP contribution in [0.2, 0.25) is 0 Å². The zero-order valence-corrected chi connectivity index (χ0v) is 9.22. The fourth-order valence-corrected chi connectivity index (χ4v) is 2.27. The summed E-state index contributed by atoms with van der Waals surface area (Å²) in [5.74, 6) is 0.225.